The summed E-state index contributed by atoms with van der Waals surface area (Å²) in [5.74, 6) is 2.07. The zero-order valence-electron chi connectivity index (χ0n) is 12.1. The standard InChI is InChI=1S/C15H19N3OS/c1-10-6-13(19-11(10)2)9-18-5-4-14-12(8-18)7-16-15(17-14)20-3/h6-7H,4-5,8-9H2,1-3H3. The van der Waals surface area contributed by atoms with E-state index in [1.165, 1.54) is 16.8 Å². The molecule has 0 spiro atoms. The van der Waals surface area contributed by atoms with Crippen LogP contribution in [0, 0.1) is 13.8 Å². The van der Waals surface area contributed by atoms with Crippen molar-refractivity contribution in [3.63, 3.8) is 0 Å². The highest BCUT2D eigenvalue weighted by Crippen LogP contribution is 2.22. The number of aromatic nitrogens is 2. The van der Waals surface area contributed by atoms with Crippen LogP contribution >= 0.6 is 11.8 Å². The Morgan fingerprint density at radius 3 is 2.95 bits per heavy atom. The first kappa shape index (κ1) is 13.6. The van der Waals surface area contributed by atoms with Crippen LogP contribution in [0.1, 0.15) is 28.3 Å². The predicted octanol–water partition coefficient (Wildman–Crippen LogP) is 2.97. The lowest BCUT2D eigenvalue weighted by atomic mass is 10.1. The number of hydrogen-bond acceptors (Lipinski definition) is 5. The van der Waals surface area contributed by atoms with Gasteiger partial charge in [-0.1, -0.05) is 11.8 Å². The zero-order valence-corrected chi connectivity index (χ0v) is 13.0. The van der Waals surface area contributed by atoms with Gasteiger partial charge in [0.2, 0.25) is 0 Å². The Balaban J connectivity index is 1.72. The van der Waals surface area contributed by atoms with Crippen LogP contribution in [0.3, 0.4) is 0 Å². The van der Waals surface area contributed by atoms with Crippen LogP contribution in [0.2, 0.25) is 0 Å². The Labute approximate surface area is 123 Å². The van der Waals surface area contributed by atoms with E-state index in [-0.39, 0.29) is 0 Å². The molecule has 4 nitrogen and oxygen atoms in total. The van der Waals surface area contributed by atoms with Gasteiger partial charge in [0.15, 0.2) is 5.16 Å². The second kappa shape index (κ2) is 5.58. The van der Waals surface area contributed by atoms with Crippen LogP contribution in [-0.2, 0) is 19.5 Å². The molecule has 0 radical (unpaired) electrons. The third kappa shape index (κ3) is 2.74. The van der Waals surface area contributed by atoms with Crippen molar-refractivity contribution in [1.82, 2.24) is 14.9 Å². The van der Waals surface area contributed by atoms with Crippen molar-refractivity contribution < 1.29 is 4.42 Å². The smallest absolute Gasteiger partial charge is 0.187 e. The van der Waals surface area contributed by atoms with Gasteiger partial charge < -0.3 is 4.42 Å². The summed E-state index contributed by atoms with van der Waals surface area (Å²) in [5.41, 5.74) is 3.67. The topological polar surface area (TPSA) is 42.2 Å². The Hall–Kier alpha value is -1.33. The van der Waals surface area contributed by atoms with Crippen molar-refractivity contribution in [3.8, 4) is 0 Å². The molecule has 0 amide bonds. The van der Waals surface area contributed by atoms with Gasteiger partial charge in [-0.15, -0.1) is 0 Å². The van der Waals surface area contributed by atoms with Gasteiger partial charge in [-0.3, -0.25) is 4.90 Å². The molecule has 0 fully saturated rings. The van der Waals surface area contributed by atoms with Gasteiger partial charge >= 0.3 is 0 Å². The first-order valence-corrected chi connectivity index (χ1v) is 8.05. The normalized spacial score (nSPS) is 15.3. The fourth-order valence-corrected chi connectivity index (χ4v) is 2.90. The zero-order chi connectivity index (χ0) is 14.1. The van der Waals surface area contributed by atoms with Crippen molar-refractivity contribution in [2.75, 3.05) is 12.8 Å². The van der Waals surface area contributed by atoms with Crippen LogP contribution in [0.15, 0.2) is 21.8 Å². The molecule has 20 heavy (non-hydrogen) atoms. The molecule has 0 bridgehead atoms. The fraction of sp³-hybridized carbons (Fsp3) is 0.467. The van der Waals surface area contributed by atoms with Gasteiger partial charge in [0.05, 0.1) is 12.2 Å². The summed E-state index contributed by atoms with van der Waals surface area (Å²) in [6.45, 7) is 6.89. The van der Waals surface area contributed by atoms with Gasteiger partial charge in [0, 0.05) is 31.3 Å². The summed E-state index contributed by atoms with van der Waals surface area (Å²) in [5, 5.41) is 0.870. The highest BCUT2D eigenvalue weighted by atomic mass is 32.2. The van der Waals surface area contributed by atoms with Crippen LogP contribution in [0.25, 0.3) is 0 Å². The van der Waals surface area contributed by atoms with Gasteiger partial charge in [-0.05, 0) is 31.7 Å². The molecule has 106 valence electrons. The summed E-state index contributed by atoms with van der Waals surface area (Å²) >= 11 is 1.60. The van der Waals surface area contributed by atoms with Gasteiger partial charge in [0.25, 0.3) is 0 Å². The molecule has 3 heterocycles. The van der Waals surface area contributed by atoms with Crippen molar-refractivity contribution in [1.29, 1.82) is 0 Å². The molecule has 2 aromatic rings. The lowest BCUT2D eigenvalue weighted by Gasteiger charge is -2.27. The number of hydrogen-bond donors (Lipinski definition) is 0. The molecule has 0 N–H and O–H groups in total. The molecule has 5 heteroatoms. The van der Waals surface area contributed by atoms with Crippen molar-refractivity contribution in [3.05, 3.63) is 40.6 Å². The maximum absolute atomic E-state index is 5.77. The van der Waals surface area contributed by atoms with Crippen LogP contribution in [0.5, 0.6) is 0 Å². The summed E-state index contributed by atoms with van der Waals surface area (Å²) in [6, 6.07) is 2.14. The minimum absolute atomic E-state index is 0.860. The number of rotatable bonds is 3. The van der Waals surface area contributed by atoms with Gasteiger partial charge in [0.1, 0.15) is 11.5 Å². The number of thioether (sulfide) groups is 1. The van der Waals surface area contributed by atoms with Crippen molar-refractivity contribution in [2.24, 2.45) is 0 Å². The van der Waals surface area contributed by atoms with Crippen LogP contribution in [-0.4, -0.2) is 27.7 Å². The molecule has 0 saturated heterocycles. The molecule has 1 aliphatic rings. The van der Waals surface area contributed by atoms with E-state index >= 15 is 0 Å². The van der Waals surface area contributed by atoms with E-state index in [4.69, 9.17) is 4.42 Å². The van der Waals surface area contributed by atoms with E-state index in [2.05, 4.69) is 27.9 Å². The molecule has 2 aromatic heterocycles. The third-order valence-electron chi connectivity index (χ3n) is 3.77. The average Bonchev–Trinajstić information content (AvgIpc) is 2.76. The maximum atomic E-state index is 5.77. The largest absolute Gasteiger partial charge is 0.465 e. The maximum Gasteiger partial charge on any atom is 0.187 e. The molecule has 0 aliphatic carbocycles. The van der Waals surface area contributed by atoms with Crippen molar-refractivity contribution in [2.45, 2.75) is 38.5 Å². The molecule has 0 saturated carbocycles. The molecule has 0 atom stereocenters. The SMILES string of the molecule is CSc1ncc2c(n1)CCN(Cc1cc(C)c(C)o1)C2. The summed E-state index contributed by atoms with van der Waals surface area (Å²) in [4.78, 5) is 11.4. The number of furan rings is 1. The summed E-state index contributed by atoms with van der Waals surface area (Å²) in [7, 11) is 0. The van der Waals surface area contributed by atoms with Crippen LogP contribution < -0.4 is 0 Å². The molecule has 0 unspecified atom stereocenters. The molecular formula is C15H19N3OS. The Bertz CT molecular complexity index is 604. The average molecular weight is 289 g/mol. The van der Waals surface area contributed by atoms with Crippen LogP contribution in [0.4, 0.5) is 0 Å². The lowest BCUT2D eigenvalue weighted by Crippen LogP contribution is -2.30. The second-order valence-corrected chi connectivity index (χ2v) is 6.01. The molecule has 1 aliphatic heterocycles. The Morgan fingerprint density at radius 1 is 1.40 bits per heavy atom. The number of nitrogens with zero attached hydrogens (tertiary/aromatic N) is 3. The van der Waals surface area contributed by atoms with E-state index in [1.54, 1.807) is 11.8 Å². The number of aryl methyl sites for hydroxylation is 2. The monoisotopic (exact) mass is 289 g/mol. The highest BCUT2D eigenvalue weighted by Gasteiger charge is 2.19. The minimum atomic E-state index is 0.860. The van der Waals surface area contributed by atoms with E-state index in [9.17, 15) is 0 Å². The summed E-state index contributed by atoms with van der Waals surface area (Å²) in [6.07, 6.45) is 4.97. The fourth-order valence-electron chi connectivity index (χ4n) is 2.54. The highest BCUT2D eigenvalue weighted by molar-refractivity contribution is 7.98. The first-order chi connectivity index (χ1) is 9.65. The number of fused-ring (bicyclic) bond motifs is 1. The Kier molecular flexibility index (Phi) is 3.81. The van der Waals surface area contributed by atoms with Crippen molar-refractivity contribution >= 4 is 11.8 Å². The third-order valence-corrected chi connectivity index (χ3v) is 4.33. The predicted molar refractivity (Wildman–Crippen MR) is 79.8 cm³/mol. The van der Waals surface area contributed by atoms with E-state index < -0.39 is 0 Å². The molecule has 0 aromatic carbocycles. The lowest BCUT2D eigenvalue weighted by molar-refractivity contribution is 0.221. The van der Waals surface area contributed by atoms with Gasteiger partial charge in [-0.25, -0.2) is 9.97 Å². The second-order valence-electron chi connectivity index (χ2n) is 5.24. The minimum Gasteiger partial charge on any atom is -0.465 e. The molecular weight excluding hydrogens is 270 g/mol. The Morgan fingerprint density at radius 2 is 2.25 bits per heavy atom. The quantitative estimate of drug-likeness (QED) is 0.642. The van der Waals surface area contributed by atoms with E-state index in [0.29, 0.717) is 0 Å². The summed E-state index contributed by atoms with van der Waals surface area (Å²) < 4.78 is 5.77. The molecule has 3 rings (SSSR count). The van der Waals surface area contributed by atoms with E-state index in [1.807, 2.05) is 19.4 Å². The first-order valence-electron chi connectivity index (χ1n) is 6.83. The van der Waals surface area contributed by atoms with E-state index in [0.717, 1.165) is 42.7 Å². The van der Waals surface area contributed by atoms with Gasteiger partial charge in [-0.2, -0.15) is 0 Å².